The fourth-order valence-electron chi connectivity index (χ4n) is 4.12. The first-order chi connectivity index (χ1) is 15.2. The van der Waals surface area contributed by atoms with Crippen LogP contribution in [0, 0.1) is 5.92 Å². The molecule has 1 saturated heterocycles. The Balaban J connectivity index is 1.34. The van der Waals surface area contributed by atoms with Gasteiger partial charge in [0.15, 0.2) is 5.78 Å². The summed E-state index contributed by atoms with van der Waals surface area (Å²) in [4.78, 5) is 27.3. The Morgan fingerprint density at radius 3 is 1.77 bits per heavy atom. The van der Waals surface area contributed by atoms with Gasteiger partial charge in [-0.3, -0.25) is 9.59 Å². The Kier molecular flexibility index (Phi) is 6.90. The van der Waals surface area contributed by atoms with Crippen molar-refractivity contribution in [3.63, 3.8) is 0 Å². The first-order valence-electron chi connectivity index (χ1n) is 10.8. The molecule has 4 nitrogen and oxygen atoms in total. The van der Waals surface area contributed by atoms with E-state index in [-0.39, 0.29) is 30.3 Å². The second kappa shape index (κ2) is 10.2. The lowest BCUT2D eigenvalue weighted by molar-refractivity contribution is -0.138. The van der Waals surface area contributed by atoms with E-state index in [1.54, 1.807) is 0 Å². The normalized spacial score (nSPS) is 14.5. The quantitative estimate of drug-likeness (QED) is 0.517. The summed E-state index contributed by atoms with van der Waals surface area (Å²) >= 11 is 0. The van der Waals surface area contributed by atoms with Gasteiger partial charge in [0, 0.05) is 24.6 Å². The van der Waals surface area contributed by atoms with Crippen molar-refractivity contribution in [2.24, 2.45) is 5.92 Å². The number of rotatable bonds is 7. The van der Waals surface area contributed by atoms with Gasteiger partial charge in [0.25, 0.3) is 0 Å². The van der Waals surface area contributed by atoms with Crippen LogP contribution in [0.25, 0.3) is 0 Å². The van der Waals surface area contributed by atoms with Gasteiger partial charge in [-0.25, -0.2) is 0 Å². The number of amides is 1. The molecular weight excluding hydrogens is 386 g/mol. The van der Waals surface area contributed by atoms with Gasteiger partial charge in [-0.1, -0.05) is 91.0 Å². The van der Waals surface area contributed by atoms with E-state index in [4.69, 9.17) is 4.74 Å². The first-order valence-corrected chi connectivity index (χ1v) is 10.8. The predicted octanol–water partition coefficient (Wildman–Crippen LogP) is 4.91. The molecule has 0 atom stereocenters. The molecule has 31 heavy (non-hydrogen) atoms. The Hall–Kier alpha value is -3.24. The van der Waals surface area contributed by atoms with Crippen molar-refractivity contribution >= 4 is 11.7 Å². The topological polar surface area (TPSA) is 46.6 Å². The van der Waals surface area contributed by atoms with Gasteiger partial charge in [0.05, 0.1) is 0 Å². The lowest BCUT2D eigenvalue weighted by atomic mass is 9.89. The van der Waals surface area contributed by atoms with E-state index in [1.807, 2.05) is 95.9 Å². The van der Waals surface area contributed by atoms with Crippen LogP contribution in [0.4, 0.5) is 0 Å². The highest BCUT2D eigenvalue weighted by atomic mass is 16.5. The van der Waals surface area contributed by atoms with Crippen LogP contribution in [0.1, 0.15) is 40.4 Å². The van der Waals surface area contributed by atoms with E-state index in [1.165, 1.54) is 0 Å². The second-order valence-corrected chi connectivity index (χ2v) is 7.90. The maximum atomic E-state index is 12.8. The molecule has 4 heteroatoms. The van der Waals surface area contributed by atoms with Crippen molar-refractivity contribution in [3.05, 3.63) is 108 Å². The van der Waals surface area contributed by atoms with E-state index >= 15 is 0 Å². The molecule has 3 aromatic carbocycles. The van der Waals surface area contributed by atoms with Gasteiger partial charge in [-0.2, -0.15) is 0 Å². The third-order valence-electron chi connectivity index (χ3n) is 5.85. The number of hydrogen-bond donors (Lipinski definition) is 0. The minimum atomic E-state index is -0.288. The zero-order chi connectivity index (χ0) is 21.5. The Morgan fingerprint density at radius 1 is 0.774 bits per heavy atom. The van der Waals surface area contributed by atoms with Crippen LogP contribution in [0.5, 0.6) is 0 Å². The van der Waals surface area contributed by atoms with Gasteiger partial charge < -0.3 is 9.64 Å². The van der Waals surface area contributed by atoms with Crippen molar-refractivity contribution in [1.82, 2.24) is 4.90 Å². The molecule has 4 rings (SSSR count). The van der Waals surface area contributed by atoms with Crippen LogP contribution in [0.2, 0.25) is 0 Å². The first kappa shape index (κ1) is 21.0. The van der Waals surface area contributed by atoms with Crippen molar-refractivity contribution in [3.8, 4) is 0 Å². The number of ketones is 1. The summed E-state index contributed by atoms with van der Waals surface area (Å²) in [5.74, 6) is 0.133. The van der Waals surface area contributed by atoms with Gasteiger partial charge in [-0.05, 0) is 24.0 Å². The van der Waals surface area contributed by atoms with Crippen molar-refractivity contribution in [2.75, 3.05) is 19.7 Å². The monoisotopic (exact) mass is 413 g/mol. The number of piperidine rings is 1. The minimum absolute atomic E-state index is 0.0196. The molecule has 0 radical (unpaired) electrons. The fraction of sp³-hybridized carbons (Fsp3) is 0.259. The largest absolute Gasteiger partial charge is 0.359 e. The number of hydrogen-bond acceptors (Lipinski definition) is 3. The third kappa shape index (κ3) is 5.28. The molecule has 1 aliphatic heterocycles. The molecule has 0 saturated carbocycles. The average molecular weight is 414 g/mol. The van der Waals surface area contributed by atoms with Gasteiger partial charge >= 0.3 is 0 Å². The Morgan fingerprint density at radius 2 is 1.26 bits per heavy atom. The van der Waals surface area contributed by atoms with Crippen LogP contribution in [-0.2, 0) is 9.53 Å². The average Bonchev–Trinajstić information content (AvgIpc) is 2.85. The van der Waals surface area contributed by atoms with E-state index in [9.17, 15) is 9.59 Å². The van der Waals surface area contributed by atoms with Crippen molar-refractivity contribution < 1.29 is 14.3 Å². The van der Waals surface area contributed by atoms with Crippen LogP contribution < -0.4 is 0 Å². The lowest BCUT2D eigenvalue weighted by Gasteiger charge is -2.32. The molecule has 1 aliphatic rings. The van der Waals surface area contributed by atoms with Crippen molar-refractivity contribution in [1.29, 1.82) is 0 Å². The molecule has 3 aromatic rings. The summed E-state index contributed by atoms with van der Waals surface area (Å²) in [6, 6.07) is 29.3. The summed E-state index contributed by atoms with van der Waals surface area (Å²) in [7, 11) is 0. The maximum Gasteiger partial charge on any atom is 0.248 e. The zero-order valence-corrected chi connectivity index (χ0v) is 17.5. The summed E-state index contributed by atoms with van der Waals surface area (Å²) in [6.07, 6.45) is 1.10. The molecule has 0 aromatic heterocycles. The van der Waals surface area contributed by atoms with E-state index < -0.39 is 0 Å². The molecule has 0 aliphatic carbocycles. The van der Waals surface area contributed by atoms with E-state index in [0.717, 1.165) is 16.7 Å². The van der Waals surface area contributed by atoms with E-state index in [0.29, 0.717) is 25.9 Å². The minimum Gasteiger partial charge on any atom is -0.359 e. The standard InChI is InChI=1S/C27H27NO3/c29-25(28-18-16-22(17-19-28)26(30)21-10-4-1-5-11-21)20-31-27(23-12-6-2-7-13-23)24-14-8-3-9-15-24/h1-15,22,27H,16-20H2. The van der Waals surface area contributed by atoms with Gasteiger partial charge in [0.2, 0.25) is 5.91 Å². The summed E-state index contributed by atoms with van der Waals surface area (Å²) in [5, 5.41) is 0. The van der Waals surface area contributed by atoms with Crippen LogP contribution >= 0.6 is 0 Å². The molecule has 0 N–H and O–H groups in total. The molecular formula is C27H27NO3. The van der Waals surface area contributed by atoms with Crippen LogP contribution in [-0.4, -0.2) is 36.3 Å². The summed E-state index contributed by atoms with van der Waals surface area (Å²) in [6.45, 7) is 1.20. The number of ether oxygens (including phenoxy) is 1. The highest BCUT2D eigenvalue weighted by molar-refractivity contribution is 5.98. The maximum absolute atomic E-state index is 12.8. The van der Waals surface area contributed by atoms with Gasteiger partial charge in [-0.15, -0.1) is 0 Å². The van der Waals surface area contributed by atoms with Crippen molar-refractivity contribution in [2.45, 2.75) is 18.9 Å². The number of carbonyl (C=O) groups excluding carboxylic acids is 2. The number of benzene rings is 3. The lowest BCUT2D eigenvalue weighted by Crippen LogP contribution is -2.42. The molecule has 0 spiro atoms. The van der Waals surface area contributed by atoms with Gasteiger partial charge in [0.1, 0.15) is 12.7 Å². The Labute approximate surface area is 183 Å². The fourth-order valence-corrected chi connectivity index (χ4v) is 4.12. The number of nitrogens with zero attached hydrogens (tertiary/aromatic N) is 1. The highest BCUT2D eigenvalue weighted by Gasteiger charge is 2.28. The van der Waals surface area contributed by atoms with E-state index in [2.05, 4.69) is 0 Å². The SMILES string of the molecule is O=C(c1ccccc1)C1CCN(C(=O)COC(c2ccccc2)c2ccccc2)CC1. The number of Topliss-reactive ketones (excluding diaryl/α,β-unsaturated/α-hetero) is 1. The zero-order valence-electron chi connectivity index (χ0n) is 17.5. The van der Waals surface area contributed by atoms with Crippen LogP contribution in [0.3, 0.4) is 0 Å². The summed E-state index contributed by atoms with van der Waals surface area (Å²) < 4.78 is 6.11. The number of carbonyl (C=O) groups is 2. The molecule has 158 valence electrons. The molecule has 0 bridgehead atoms. The highest BCUT2D eigenvalue weighted by Crippen LogP contribution is 2.26. The molecule has 1 fully saturated rings. The number of likely N-dealkylation sites (tertiary alicyclic amines) is 1. The molecule has 1 amide bonds. The summed E-state index contributed by atoms with van der Waals surface area (Å²) in [5.41, 5.74) is 2.80. The third-order valence-corrected chi connectivity index (χ3v) is 5.85. The molecule has 1 heterocycles. The van der Waals surface area contributed by atoms with Crippen LogP contribution in [0.15, 0.2) is 91.0 Å². The molecule has 0 unspecified atom stereocenters. The predicted molar refractivity (Wildman–Crippen MR) is 121 cm³/mol. The second-order valence-electron chi connectivity index (χ2n) is 7.90. The Bertz CT molecular complexity index is 941. The smallest absolute Gasteiger partial charge is 0.248 e.